The Bertz CT molecular complexity index is 528. The molecule has 0 aromatic heterocycles. The molecule has 3 unspecified atom stereocenters. The Kier molecular flexibility index (Phi) is 4.03. The molecule has 114 valence electrons. The van der Waals surface area contributed by atoms with E-state index in [-0.39, 0.29) is 23.8 Å². The maximum Gasteiger partial charge on any atom is 0.224 e. The molecule has 1 aromatic carbocycles. The molecule has 3 rings (SSSR count). The SMILES string of the molecule is CC(CCO)CNC(=O)C1CC12CCCc1ccccc12. The van der Waals surface area contributed by atoms with Crippen LogP contribution in [0, 0.1) is 11.8 Å². The summed E-state index contributed by atoms with van der Waals surface area (Å²) in [4.78, 5) is 12.4. The average molecular weight is 287 g/mol. The molecule has 1 fully saturated rings. The van der Waals surface area contributed by atoms with Crippen LogP contribution >= 0.6 is 0 Å². The van der Waals surface area contributed by atoms with Gasteiger partial charge in [0.25, 0.3) is 0 Å². The average Bonchev–Trinajstić information content (AvgIpc) is 3.21. The highest BCUT2D eigenvalue weighted by Gasteiger charge is 2.59. The van der Waals surface area contributed by atoms with Gasteiger partial charge < -0.3 is 10.4 Å². The van der Waals surface area contributed by atoms with Crippen molar-refractivity contribution in [1.29, 1.82) is 0 Å². The van der Waals surface area contributed by atoms with Gasteiger partial charge in [-0.15, -0.1) is 0 Å². The number of aryl methyl sites for hydroxylation is 1. The van der Waals surface area contributed by atoms with Gasteiger partial charge >= 0.3 is 0 Å². The maximum atomic E-state index is 12.4. The Morgan fingerprint density at radius 2 is 2.29 bits per heavy atom. The largest absolute Gasteiger partial charge is 0.396 e. The lowest BCUT2D eigenvalue weighted by Crippen LogP contribution is -2.33. The molecule has 1 saturated carbocycles. The summed E-state index contributed by atoms with van der Waals surface area (Å²) in [5.41, 5.74) is 2.98. The van der Waals surface area contributed by atoms with E-state index < -0.39 is 0 Å². The summed E-state index contributed by atoms with van der Waals surface area (Å²) in [5, 5.41) is 12.0. The third kappa shape index (κ3) is 2.71. The first kappa shape index (κ1) is 14.6. The van der Waals surface area contributed by atoms with Gasteiger partial charge in [0.2, 0.25) is 5.91 Å². The fourth-order valence-electron chi connectivity index (χ4n) is 3.90. The number of aliphatic hydroxyl groups is 1. The molecule has 1 aromatic rings. The predicted molar refractivity (Wildman–Crippen MR) is 83.0 cm³/mol. The molecule has 21 heavy (non-hydrogen) atoms. The number of hydrogen-bond acceptors (Lipinski definition) is 2. The molecular formula is C18H25NO2. The third-order valence-electron chi connectivity index (χ3n) is 5.26. The zero-order valence-electron chi connectivity index (χ0n) is 12.8. The second-order valence-electron chi connectivity index (χ2n) is 6.79. The van der Waals surface area contributed by atoms with Crippen molar-refractivity contribution in [2.45, 2.75) is 44.4 Å². The number of aliphatic hydroxyl groups excluding tert-OH is 1. The zero-order valence-corrected chi connectivity index (χ0v) is 12.8. The molecule has 1 spiro atoms. The van der Waals surface area contributed by atoms with Crippen molar-refractivity contribution in [3.05, 3.63) is 35.4 Å². The van der Waals surface area contributed by atoms with Gasteiger partial charge in [0.1, 0.15) is 0 Å². The van der Waals surface area contributed by atoms with Crippen LogP contribution in [-0.4, -0.2) is 24.2 Å². The monoisotopic (exact) mass is 287 g/mol. The van der Waals surface area contributed by atoms with E-state index in [0.717, 1.165) is 25.7 Å². The Hall–Kier alpha value is -1.35. The van der Waals surface area contributed by atoms with E-state index in [2.05, 4.69) is 36.5 Å². The minimum atomic E-state index is 0.124. The molecule has 2 aliphatic rings. The molecule has 3 nitrogen and oxygen atoms in total. The Morgan fingerprint density at radius 3 is 3.10 bits per heavy atom. The summed E-state index contributed by atoms with van der Waals surface area (Å²) in [5.74, 6) is 0.698. The molecule has 0 bridgehead atoms. The first-order valence-corrected chi connectivity index (χ1v) is 8.14. The lowest BCUT2D eigenvalue weighted by atomic mass is 9.78. The molecule has 0 saturated heterocycles. The summed E-state index contributed by atoms with van der Waals surface area (Å²) in [6, 6.07) is 8.64. The van der Waals surface area contributed by atoms with Crippen LogP contribution in [-0.2, 0) is 16.6 Å². The topological polar surface area (TPSA) is 49.3 Å². The van der Waals surface area contributed by atoms with Gasteiger partial charge in [-0.3, -0.25) is 4.79 Å². The number of rotatable bonds is 5. The lowest BCUT2D eigenvalue weighted by molar-refractivity contribution is -0.123. The van der Waals surface area contributed by atoms with E-state index in [1.807, 2.05) is 0 Å². The second-order valence-corrected chi connectivity index (χ2v) is 6.79. The van der Waals surface area contributed by atoms with Gasteiger partial charge in [-0.25, -0.2) is 0 Å². The molecule has 0 radical (unpaired) electrons. The third-order valence-corrected chi connectivity index (χ3v) is 5.26. The highest BCUT2D eigenvalue weighted by atomic mass is 16.3. The second kappa shape index (κ2) is 5.80. The minimum Gasteiger partial charge on any atom is -0.396 e. The Morgan fingerprint density at radius 1 is 1.48 bits per heavy atom. The van der Waals surface area contributed by atoms with Crippen LogP contribution in [0.25, 0.3) is 0 Å². The van der Waals surface area contributed by atoms with Gasteiger partial charge in [-0.2, -0.15) is 0 Å². The minimum absolute atomic E-state index is 0.124. The fourth-order valence-corrected chi connectivity index (χ4v) is 3.90. The quantitative estimate of drug-likeness (QED) is 0.874. The van der Waals surface area contributed by atoms with Crippen LogP contribution in [0.1, 0.15) is 43.7 Å². The van der Waals surface area contributed by atoms with Crippen molar-refractivity contribution in [1.82, 2.24) is 5.32 Å². The molecule has 1 amide bonds. The van der Waals surface area contributed by atoms with Crippen molar-refractivity contribution >= 4 is 5.91 Å². The summed E-state index contributed by atoms with van der Waals surface area (Å²) in [7, 11) is 0. The summed E-state index contributed by atoms with van der Waals surface area (Å²) in [6.07, 6.45) is 5.25. The van der Waals surface area contributed by atoms with Crippen LogP contribution in [0.5, 0.6) is 0 Å². The number of fused-ring (bicyclic) bond motifs is 2. The standard InChI is InChI=1S/C18H25NO2/c1-13(8-10-20)12-19-17(21)16-11-18(16)9-4-6-14-5-2-3-7-15(14)18/h2-3,5,7,13,16,20H,4,6,8-12H2,1H3,(H,19,21). The van der Waals surface area contributed by atoms with Gasteiger partial charge in [-0.1, -0.05) is 31.2 Å². The van der Waals surface area contributed by atoms with Gasteiger partial charge in [-0.05, 0) is 49.1 Å². The molecule has 0 aliphatic heterocycles. The van der Waals surface area contributed by atoms with Crippen LogP contribution in [0.3, 0.4) is 0 Å². The van der Waals surface area contributed by atoms with Crippen molar-refractivity contribution in [3.8, 4) is 0 Å². The van der Waals surface area contributed by atoms with Gasteiger partial charge in [0.15, 0.2) is 0 Å². The van der Waals surface area contributed by atoms with E-state index in [0.29, 0.717) is 12.5 Å². The van der Waals surface area contributed by atoms with E-state index in [1.165, 1.54) is 17.5 Å². The van der Waals surface area contributed by atoms with Crippen LogP contribution in [0.15, 0.2) is 24.3 Å². The highest BCUT2D eigenvalue weighted by Crippen LogP contribution is 2.60. The molecule has 2 aliphatic carbocycles. The smallest absolute Gasteiger partial charge is 0.224 e. The van der Waals surface area contributed by atoms with Gasteiger partial charge in [0.05, 0.1) is 0 Å². The first-order chi connectivity index (χ1) is 10.2. The van der Waals surface area contributed by atoms with Crippen molar-refractivity contribution in [2.75, 3.05) is 13.2 Å². The van der Waals surface area contributed by atoms with E-state index in [1.54, 1.807) is 0 Å². The Balaban J connectivity index is 1.65. The van der Waals surface area contributed by atoms with Crippen molar-refractivity contribution in [3.63, 3.8) is 0 Å². The van der Waals surface area contributed by atoms with Crippen molar-refractivity contribution in [2.24, 2.45) is 11.8 Å². The fraction of sp³-hybridized carbons (Fsp3) is 0.611. The van der Waals surface area contributed by atoms with Crippen LogP contribution < -0.4 is 5.32 Å². The number of carbonyl (C=O) groups is 1. The molecule has 0 heterocycles. The number of hydrogen-bond donors (Lipinski definition) is 2. The van der Waals surface area contributed by atoms with E-state index in [9.17, 15) is 4.79 Å². The summed E-state index contributed by atoms with van der Waals surface area (Å²) in [6.45, 7) is 2.93. The lowest BCUT2D eigenvalue weighted by Gasteiger charge is -2.26. The normalized spacial score (nSPS) is 28.0. The number of nitrogens with one attached hydrogen (secondary N) is 1. The number of benzene rings is 1. The van der Waals surface area contributed by atoms with Crippen LogP contribution in [0.4, 0.5) is 0 Å². The van der Waals surface area contributed by atoms with E-state index >= 15 is 0 Å². The molecular weight excluding hydrogens is 262 g/mol. The molecule has 3 heteroatoms. The van der Waals surface area contributed by atoms with Crippen molar-refractivity contribution < 1.29 is 9.90 Å². The summed E-state index contributed by atoms with van der Waals surface area (Å²) >= 11 is 0. The van der Waals surface area contributed by atoms with Gasteiger partial charge in [0, 0.05) is 24.5 Å². The zero-order chi connectivity index (χ0) is 14.9. The maximum absolute atomic E-state index is 12.4. The number of amides is 1. The molecule has 2 N–H and O–H groups in total. The predicted octanol–water partition coefficient (Wildman–Crippen LogP) is 2.42. The van der Waals surface area contributed by atoms with Crippen LogP contribution in [0.2, 0.25) is 0 Å². The molecule has 3 atom stereocenters. The van der Waals surface area contributed by atoms with E-state index in [4.69, 9.17) is 5.11 Å². The highest BCUT2D eigenvalue weighted by molar-refractivity contribution is 5.84. The first-order valence-electron chi connectivity index (χ1n) is 8.14. The summed E-state index contributed by atoms with van der Waals surface area (Å²) < 4.78 is 0. The Labute approximate surface area is 126 Å². The number of carbonyl (C=O) groups excluding carboxylic acids is 1.